The normalized spacial score (nSPS) is 16.0. The predicted octanol–water partition coefficient (Wildman–Crippen LogP) is -0.469. The fourth-order valence-electron chi connectivity index (χ4n) is 1.62. The molecule has 0 aliphatic carbocycles. The fourth-order valence-corrected chi connectivity index (χ4v) is 1.99. The van der Waals surface area contributed by atoms with Crippen molar-refractivity contribution in [2.45, 2.75) is 36.1 Å². The van der Waals surface area contributed by atoms with Crippen molar-refractivity contribution in [1.82, 2.24) is 5.32 Å². The number of ether oxygens (including phenoxy) is 6. The number of hydrogen-bond donors (Lipinski definition) is 1. The summed E-state index contributed by atoms with van der Waals surface area (Å²) in [7, 11) is 16.1. The highest BCUT2D eigenvalue weighted by molar-refractivity contribution is 6.13. The Morgan fingerprint density at radius 3 is 1.19 bits per heavy atom. The van der Waals surface area contributed by atoms with E-state index in [2.05, 4.69) is 25.8 Å². The molecule has 0 fully saturated rings. The quantitative estimate of drug-likeness (QED) is 0.382. The van der Waals surface area contributed by atoms with E-state index in [4.69, 9.17) is 28.4 Å². The van der Waals surface area contributed by atoms with E-state index in [1.165, 1.54) is 28.4 Å². The molecule has 0 aromatic carbocycles. The summed E-state index contributed by atoms with van der Waals surface area (Å²) in [4.78, 5) is 0. The van der Waals surface area contributed by atoms with Crippen LogP contribution in [0.4, 0.5) is 0 Å². The molecular weight excluding hydrogens is 310 g/mol. The van der Waals surface area contributed by atoms with Crippen LogP contribution in [-0.4, -0.2) is 86.4 Å². The lowest BCUT2D eigenvalue weighted by molar-refractivity contribution is -0.183. The molecule has 7 nitrogen and oxygen atoms in total. The molecule has 9 heteroatoms. The zero-order valence-corrected chi connectivity index (χ0v) is 15.5. The Bertz CT molecular complexity index is 250. The van der Waals surface area contributed by atoms with Gasteiger partial charge in [-0.3, -0.25) is 5.32 Å². The Morgan fingerprint density at radius 2 is 1.00 bits per heavy atom. The van der Waals surface area contributed by atoms with E-state index in [9.17, 15) is 0 Å². The smallest absolute Gasteiger partial charge is 0.147 e. The number of rotatable bonds is 12. The highest BCUT2D eigenvalue weighted by Gasteiger charge is 2.32. The van der Waals surface area contributed by atoms with E-state index in [-0.39, 0.29) is 12.5 Å². The lowest BCUT2D eigenvalue weighted by Gasteiger charge is -2.35. The van der Waals surface area contributed by atoms with Gasteiger partial charge in [-0.15, -0.1) is 0 Å². The van der Waals surface area contributed by atoms with Gasteiger partial charge in [-0.05, 0) is 0 Å². The molecule has 0 aliphatic rings. The average molecular weight is 336 g/mol. The minimum atomic E-state index is -0.945. The molecule has 0 aromatic heterocycles. The van der Waals surface area contributed by atoms with Crippen LogP contribution < -0.4 is 5.32 Å². The summed E-state index contributed by atoms with van der Waals surface area (Å²) in [5.74, 6) is 0. The molecule has 2 atom stereocenters. The van der Waals surface area contributed by atoms with Gasteiger partial charge in [0, 0.05) is 55.5 Å². The summed E-state index contributed by atoms with van der Waals surface area (Å²) >= 11 is 0. The van der Waals surface area contributed by atoms with Gasteiger partial charge in [0.15, 0.2) is 0 Å². The molecule has 0 aromatic rings. The average Bonchev–Trinajstić information content (AvgIpc) is 2.52. The summed E-state index contributed by atoms with van der Waals surface area (Å²) in [5, 5.41) is 3.18. The Hall–Kier alpha value is 0.154. The van der Waals surface area contributed by atoms with Gasteiger partial charge >= 0.3 is 0 Å². The van der Waals surface area contributed by atoms with E-state index < -0.39 is 10.8 Å². The zero-order chi connectivity index (χ0) is 16.5. The van der Waals surface area contributed by atoms with Crippen LogP contribution in [0.2, 0.25) is 0 Å². The number of nitrogens with one attached hydrogen (secondary N) is 1. The van der Waals surface area contributed by atoms with E-state index in [1.54, 1.807) is 14.2 Å². The van der Waals surface area contributed by atoms with E-state index in [0.29, 0.717) is 12.8 Å². The van der Waals surface area contributed by atoms with Gasteiger partial charge in [-0.1, -0.05) is 0 Å². The third kappa shape index (κ3) is 7.30. The first-order valence-electron chi connectivity index (χ1n) is 6.34. The number of hydrogen-bond acceptors (Lipinski definition) is 7. The first kappa shape index (κ1) is 21.2. The Kier molecular flexibility index (Phi) is 10.1. The maximum Gasteiger partial charge on any atom is 0.147 e. The van der Waals surface area contributed by atoms with E-state index >= 15 is 0 Å². The molecule has 0 spiro atoms. The van der Waals surface area contributed by atoms with Gasteiger partial charge in [-0.25, -0.2) is 0 Å². The lowest BCUT2D eigenvalue weighted by Crippen LogP contribution is -2.51. The minimum absolute atomic E-state index is 0.378. The molecular formula is C12H25NO6Si2. The molecule has 0 saturated heterocycles. The van der Waals surface area contributed by atoms with Gasteiger partial charge in [0.05, 0.1) is 0 Å². The van der Waals surface area contributed by atoms with Gasteiger partial charge in [0.25, 0.3) is 0 Å². The number of methoxy groups -OCH3 is 6. The summed E-state index contributed by atoms with van der Waals surface area (Å²) in [6, 6.07) is 0. The second kappa shape index (κ2) is 10.0. The molecule has 21 heavy (non-hydrogen) atoms. The van der Waals surface area contributed by atoms with Gasteiger partial charge in [-0.2, -0.15) is 0 Å². The topological polar surface area (TPSA) is 67.4 Å². The van der Waals surface area contributed by atoms with E-state index in [1.807, 2.05) is 0 Å². The summed E-state index contributed by atoms with van der Waals surface area (Å²) in [6.45, 7) is 0. The molecule has 0 bridgehead atoms. The van der Waals surface area contributed by atoms with Crippen molar-refractivity contribution in [2.24, 2.45) is 0 Å². The van der Waals surface area contributed by atoms with Crippen molar-refractivity contribution in [3.63, 3.8) is 0 Å². The van der Waals surface area contributed by atoms with Crippen LogP contribution >= 0.6 is 0 Å². The SMILES string of the molecule is COC(CC([Si])(OC)OC)NC(CC([Si])(OC)OC)OC. The Balaban J connectivity index is 4.69. The largest absolute Gasteiger partial charge is 0.366 e. The van der Waals surface area contributed by atoms with Crippen molar-refractivity contribution in [2.75, 3.05) is 42.7 Å². The monoisotopic (exact) mass is 335 g/mol. The second-order valence-electron chi connectivity index (χ2n) is 4.35. The van der Waals surface area contributed by atoms with Crippen molar-refractivity contribution in [3.05, 3.63) is 0 Å². The Morgan fingerprint density at radius 1 is 0.714 bits per heavy atom. The van der Waals surface area contributed by atoms with Crippen molar-refractivity contribution in [1.29, 1.82) is 0 Å². The summed E-state index contributed by atoms with van der Waals surface area (Å²) < 4.78 is 31.8. The van der Waals surface area contributed by atoms with Crippen LogP contribution in [0.3, 0.4) is 0 Å². The summed E-state index contributed by atoms with van der Waals surface area (Å²) in [6.07, 6.45) is 0.0260. The highest BCUT2D eigenvalue weighted by Crippen LogP contribution is 2.18. The van der Waals surface area contributed by atoms with Crippen LogP contribution in [0.15, 0.2) is 0 Å². The van der Waals surface area contributed by atoms with Crippen LogP contribution in [0.1, 0.15) is 12.8 Å². The second-order valence-corrected chi connectivity index (χ2v) is 5.87. The van der Waals surface area contributed by atoms with Crippen LogP contribution in [-0.2, 0) is 28.4 Å². The summed E-state index contributed by atoms with van der Waals surface area (Å²) in [5.41, 5.74) is -1.89. The molecule has 0 rings (SSSR count). The molecule has 0 saturated carbocycles. The van der Waals surface area contributed by atoms with Gasteiger partial charge in [0.2, 0.25) is 0 Å². The van der Waals surface area contributed by atoms with Crippen LogP contribution in [0, 0.1) is 0 Å². The minimum Gasteiger partial charge on any atom is -0.366 e. The standard InChI is InChI=1S/C12H25NO6Si2/c1-14-9(7-11(20,16-3)17-4)13-10(15-2)8-12(21,18-5)19-6/h9-10,13H,7-8H2,1-6H3. The zero-order valence-electron chi connectivity index (χ0n) is 13.5. The third-order valence-corrected chi connectivity index (χ3v) is 4.39. The molecule has 0 heterocycles. The van der Waals surface area contributed by atoms with Crippen LogP contribution in [0.5, 0.6) is 0 Å². The van der Waals surface area contributed by atoms with E-state index in [0.717, 1.165) is 0 Å². The highest BCUT2D eigenvalue weighted by atomic mass is 28.2. The maximum atomic E-state index is 5.38. The van der Waals surface area contributed by atoms with Crippen molar-refractivity contribution in [3.8, 4) is 0 Å². The first-order valence-corrected chi connectivity index (χ1v) is 7.34. The van der Waals surface area contributed by atoms with Crippen molar-refractivity contribution >= 4 is 20.5 Å². The van der Waals surface area contributed by atoms with Gasteiger partial charge in [0.1, 0.15) is 43.8 Å². The lowest BCUT2D eigenvalue weighted by atomic mass is 10.3. The molecule has 0 aliphatic heterocycles. The van der Waals surface area contributed by atoms with Crippen LogP contribution in [0.25, 0.3) is 0 Å². The van der Waals surface area contributed by atoms with Gasteiger partial charge < -0.3 is 28.4 Å². The first-order chi connectivity index (χ1) is 9.81. The maximum absolute atomic E-state index is 5.38. The molecule has 0 amide bonds. The molecule has 1 N–H and O–H groups in total. The Labute approximate surface area is 133 Å². The molecule has 6 radical (unpaired) electrons. The fraction of sp³-hybridized carbons (Fsp3) is 1.00. The predicted molar refractivity (Wildman–Crippen MR) is 79.0 cm³/mol. The molecule has 2 unspecified atom stereocenters. The molecule has 122 valence electrons. The van der Waals surface area contributed by atoms with Crippen molar-refractivity contribution < 1.29 is 28.4 Å². The third-order valence-electron chi connectivity index (χ3n) is 3.17.